The lowest BCUT2D eigenvalue weighted by atomic mass is 9.86. The van der Waals surface area contributed by atoms with Crippen LogP contribution in [0.4, 0.5) is 0 Å². The first kappa shape index (κ1) is 20.3. The fourth-order valence-electron chi connectivity index (χ4n) is 4.15. The molecule has 0 aliphatic carbocycles. The van der Waals surface area contributed by atoms with E-state index in [1.54, 1.807) is 14.2 Å². The van der Waals surface area contributed by atoms with Gasteiger partial charge >= 0.3 is 0 Å². The molecule has 1 heterocycles. The van der Waals surface area contributed by atoms with E-state index in [0.717, 1.165) is 42.2 Å². The van der Waals surface area contributed by atoms with Gasteiger partial charge < -0.3 is 19.5 Å². The van der Waals surface area contributed by atoms with Gasteiger partial charge in [-0.15, -0.1) is 0 Å². The van der Waals surface area contributed by atoms with E-state index in [-0.39, 0.29) is 6.04 Å². The summed E-state index contributed by atoms with van der Waals surface area (Å²) < 4.78 is 17.3. The minimum absolute atomic E-state index is 0.125. The third-order valence-corrected chi connectivity index (χ3v) is 5.76. The van der Waals surface area contributed by atoms with E-state index in [0.29, 0.717) is 6.61 Å². The smallest absolute Gasteiger partial charge is 0.162 e. The van der Waals surface area contributed by atoms with Gasteiger partial charge in [0.25, 0.3) is 0 Å². The van der Waals surface area contributed by atoms with Gasteiger partial charge in [0.1, 0.15) is 12.4 Å². The first-order valence-electron chi connectivity index (χ1n) is 10.5. The lowest BCUT2D eigenvalue weighted by Gasteiger charge is -2.30. The van der Waals surface area contributed by atoms with Crippen LogP contribution >= 0.6 is 0 Å². The van der Waals surface area contributed by atoms with Crippen LogP contribution in [0.1, 0.15) is 40.8 Å². The highest BCUT2D eigenvalue weighted by Gasteiger charge is 2.25. The normalized spacial score (nSPS) is 15.4. The second-order valence-corrected chi connectivity index (χ2v) is 7.53. The van der Waals surface area contributed by atoms with Crippen molar-refractivity contribution >= 4 is 0 Å². The molecule has 0 aromatic heterocycles. The number of hydrogen-bond donors (Lipinski definition) is 1. The fourth-order valence-corrected chi connectivity index (χ4v) is 4.15. The van der Waals surface area contributed by atoms with Crippen molar-refractivity contribution in [2.75, 3.05) is 20.8 Å². The predicted molar refractivity (Wildman–Crippen MR) is 120 cm³/mol. The molecule has 0 saturated carbocycles. The minimum atomic E-state index is 0.125. The summed E-state index contributed by atoms with van der Waals surface area (Å²) in [6, 6.07) is 21.0. The van der Waals surface area contributed by atoms with Crippen molar-refractivity contribution in [1.82, 2.24) is 5.32 Å². The molecule has 4 nitrogen and oxygen atoms in total. The zero-order chi connectivity index (χ0) is 20.9. The van der Waals surface area contributed by atoms with E-state index >= 15 is 0 Å². The Bertz CT molecular complexity index is 1000. The van der Waals surface area contributed by atoms with Crippen molar-refractivity contribution in [3.63, 3.8) is 0 Å². The highest BCUT2D eigenvalue weighted by molar-refractivity contribution is 5.53. The topological polar surface area (TPSA) is 39.7 Å². The summed E-state index contributed by atoms with van der Waals surface area (Å²) in [5.74, 6) is 2.46. The highest BCUT2D eigenvalue weighted by atomic mass is 16.5. The summed E-state index contributed by atoms with van der Waals surface area (Å²) in [7, 11) is 3.42. The second-order valence-electron chi connectivity index (χ2n) is 7.53. The van der Waals surface area contributed by atoms with Crippen LogP contribution in [-0.4, -0.2) is 20.8 Å². The maximum atomic E-state index is 6.18. The molecule has 0 radical (unpaired) electrons. The zero-order valence-corrected chi connectivity index (χ0v) is 17.9. The Morgan fingerprint density at radius 2 is 1.73 bits per heavy atom. The SMILES string of the molecule is CCc1cc(OC)ccc1C1NCCc2cc(OC)c(OCc3ccccc3)cc21. The van der Waals surface area contributed by atoms with Crippen LogP contribution < -0.4 is 19.5 Å². The molecule has 0 fully saturated rings. The molecule has 4 heteroatoms. The van der Waals surface area contributed by atoms with Crippen LogP contribution in [-0.2, 0) is 19.4 Å². The number of fused-ring (bicyclic) bond motifs is 1. The average molecular weight is 404 g/mol. The molecule has 1 atom stereocenters. The Balaban J connectivity index is 1.70. The molecule has 1 unspecified atom stereocenters. The lowest BCUT2D eigenvalue weighted by molar-refractivity contribution is 0.283. The van der Waals surface area contributed by atoms with Crippen LogP contribution in [0.3, 0.4) is 0 Å². The van der Waals surface area contributed by atoms with Gasteiger partial charge in [0, 0.05) is 6.54 Å². The number of ether oxygens (including phenoxy) is 3. The van der Waals surface area contributed by atoms with Gasteiger partial charge in [-0.25, -0.2) is 0 Å². The van der Waals surface area contributed by atoms with Gasteiger partial charge in [-0.3, -0.25) is 0 Å². The Labute approximate surface area is 178 Å². The number of hydrogen-bond acceptors (Lipinski definition) is 4. The van der Waals surface area contributed by atoms with Gasteiger partial charge in [0.2, 0.25) is 0 Å². The number of nitrogens with one attached hydrogen (secondary N) is 1. The van der Waals surface area contributed by atoms with Gasteiger partial charge in [0.05, 0.1) is 20.3 Å². The van der Waals surface area contributed by atoms with Crippen molar-refractivity contribution in [3.05, 3.63) is 88.5 Å². The van der Waals surface area contributed by atoms with E-state index in [1.807, 2.05) is 24.3 Å². The summed E-state index contributed by atoms with van der Waals surface area (Å²) in [6.07, 6.45) is 1.92. The third kappa shape index (κ3) is 4.14. The molecular weight excluding hydrogens is 374 g/mol. The Hall–Kier alpha value is -2.98. The van der Waals surface area contributed by atoms with E-state index in [9.17, 15) is 0 Å². The number of aryl methyl sites for hydroxylation is 1. The highest BCUT2D eigenvalue weighted by Crippen LogP contribution is 2.39. The maximum Gasteiger partial charge on any atom is 0.162 e. The van der Waals surface area contributed by atoms with Gasteiger partial charge in [0.15, 0.2) is 11.5 Å². The molecule has 30 heavy (non-hydrogen) atoms. The summed E-state index contributed by atoms with van der Waals surface area (Å²) >= 11 is 0. The van der Waals surface area contributed by atoms with Crippen LogP contribution in [0.25, 0.3) is 0 Å². The Morgan fingerprint density at radius 1 is 0.900 bits per heavy atom. The first-order chi connectivity index (χ1) is 14.7. The molecule has 1 aliphatic heterocycles. The van der Waals surface area contributed by atoms with E-state index in [1.165, 1.54) is 22.3 Å². The molecule has 3 aromatic carbocycles. The van der Waals surface area contributed by atoms with Crippen LogP contribution in [0.2, 0.25) is 0 Å². The zero-order valence-electron chi connectivity index (χ0n) is 17.9. The maximum absolute atomic E-state index is 6.18. The summed E-state index contributed by atoms with van der Waals surface area (Å²) in [4.78, 5) is 0. The Kier molecular flexibility index (Phi) is 6.24. The number of methoxy groups -OCH3 is 2. The lowest BCUT2D eigenvalue weighted by Crippen LogP contribution is -2.31. The third-order valence-electron chi connectivity index (χ3n) is 5.76. The standard InChI is InChI=1S/C26H29NO3/c1-4-19-14-21(28-2)10-11-22(19)26-23-16-25(30-17-18-8-6-5-7-9-18)24(29-3)15-20(23)12-13-27-26/h5-11,14-16,26-27H,4,12-13,17H2,1-3H3. The van der Waals surface area contributed by atoms with Crippen molar-refractivity contribution in [2.45, 2.75) is 32.4 Å². The molecule has 0 amide bonds. The van der Waals surface area contributed by atoms with E-state index in [2.05, 4.69) is 48.6 Å². The number of rotatable bonds is 7. The molecule has 0 bridgehead atoms. The molecule has 4 rings (SSSR count). The van der Waals surface area contributed by atoms with Crippen molar-refractivity contribution in [3.8, 4) is 17.2 Å². The summed E-state index contributed by atoms with van der Waals surface area (Å²) in [5, 5.41) is 3.71. The summed E-state index contributed by atoms with van der Waals surface area (Å²) in [5.41, 5.74) is 6.28. The van der Waals surface area contributed by atoms with E-state index in [4.69, 9.17) is 14.2 Å². The van der Waals surface area contributed by atoms with Crippen LogP contribution in [0, 0.1) is 0 Å². The molecule has 1 N–H and O–H groups in total. The fraction of sp³-hybridized carbons (Fsp3) is 0.308. The Morgan fingerprint density at radius 3 is 2.47 bits per heavy atom. The van der Waals surface area contributed by atoms with Crippen molar-refractivity contribution < 1.29 is 14.2 Å². The van der Waals surface area contributed by atoms with Crippen LogP contribution in [0.15, 0.2) is 60.7 Å². The minimum Gasteiger partial charge on any atom is -0.497 e. The molecule has 0 spiro atoms. The monoisotopic (exact) mass is 403 g/mol. The quantitative estimate of drug-likeness (QED) is 0.597. The largest absolute Gasteiger partial charge is 0.497 e. The second kappa shape index (κ2) is 9.23. The summed E-state index contributed by atoms with van der Waals surface area (Å²) in [6.45, 7) is 3.63. The predicted octanol–water partition coefficient (Wildman–Crippen LogP) is 5.08. The molecule has 1 aliphatic rings. The molecular formula is C26H29NO3. The van der Waals surface area contributed by atoms with Crippen molar-refractivity contribution in [1.29, 1.82) is 0 Å². The number of benzene rings is 3. The first-order valence-corrected chi connectivity index (χ1v) is 10.5. The average Bonchev–Trinajstić information content (AvgIpc) is 2.82. The van der Waals surface area contributed by atoms with E-state index < -0.39 is 0 Å². The molecule has 156 valence electrons. The van der Waals surface area contributed by atoms with Crippen LogP contribution in [0.5, 0.6) is 17.2 Å². The van der Waals surface area contributed by atoms with Gasteiger partial charge in [-0.05, 0) is 64.9 Å². The molecule has 3 aromatic rings. The van der Waals surface area contributed by atoms with Gasteiger partial charge in [-0.1, -0.05) is 43.3 Å². The molecule has 0 saturated heterocycles. The van der Waals surface area contributed by atoms with Gasteiger partial charge in [-0.2, -0.15) is 0 Å². The van der Waals surface area contributed by atoms with Crippen molar-refractivity contribution in [2.24, 2.45) is 0 Å².